The first kappa shape index (κ1) is 68.3. The van der Waals surface area contributed by atoms with Crippen LogP contribution in [-0.4, -0.2) is 185 Å². The molecule has 0 bridgehead atoms. The Morgan fingerprint density at radius 1 is 0.831 bits per heavy atom. The van der Waals surface area contributed by atoms with Gasteiger partial charge in [0.1, 0.15) is 30.7 Å². The SMILES string of the molecule is CC.CC(C)(C)OC(=O)N1CCOC(CF)C1.CC(C)(C)OC(=O)N1CCOC(CO)C1.CCI.COCCN(CCOC)S(F)(F)F.FCC1CNCCO1.[CH2-]I.[H+].[V]. The molecule has 3 atom stereocenters. The van der Waals surface area contributed by atoms with Gasteiger partial charge >= 0.3 is 13.6 Å². The number of halogens is 7. The molecule has 0 spiro atoms. The molecule has 3 aliphatic rings. The number of carbonyl (C=O) groups is 2. The van der Waals surface area contributed by atoms with Gasteiger partial charge in [-0.05, 0) is 46.0 Å². The third-order valence-corrected chi connectivity index (χ3v) is 7.47. The average Bonchev–Trinajstić information content (AvgIpc) is 3.19. The van der Waals surface area contributed by atoms with Gasteiger partial charge in [0.05, 0.1) is 64.9 Å². The van der Waals surface area contributed by atoms with Crippen molar-refractivity contribution < 1.29 is 88.3 Å². The van der Waals surface area contributed by atoms with Gasteiger partial charge < -0.3 is 76.0 Å². The van der Waals surface area contributed by atoms with Crippen molar-refractivity contribution in [3.05, 3.63) is 4.93 Å². The van der Waals surface area contributed by atoms with E-state index in [4.69, 9.17) is 28.8 Å². The van der Waals surface area contributed by atoms with Gasteiger partial charge in [0.15, 0.2) is 0 Å². The van der Waals surface area contributed by atoms with E-state index in [-0.39, 0.29) is 84.4 Å². The van der Waals surface area contributed by atoms with Crippen LogP contribution in [0.5, 0.6) is 0 Å². The van der Waals surface area contributed by atoms with Crippen molar-refractivity contribution in [1.82, 2.24) is 19.4 Å². The van der Waals surface area contributed by atoms with E-state index in [1.165, 1.54) is 23.5 Å². The Labute approximate surface area is 394 Å². The molecule has 2 N–H and O–H groups in total. The Balaban J connectivity index is -0.000000155. The largest absolute Gasteiger partial charge is 1.00 e. The number of amides is 2. The molecule has 359 valence electrons. The normalized spacial score (nSPS) is 19.2. The van der Waals surface area contributed by atoms with Gasteiger partial charge in [-0.15, -0.1) is 11.7 Å². The molecule has 0 aliphatic carbocycles. The number of ether oxygens (including phenoxy) is 7. The molecule has 3 rings (SSSR count). The predicted molar refractivity (Wildman–Crippen MR) is 239 cm³/mol. The average molecular weight is 1160 g/mol. The summed E-state index contributed by atoms with van der Waals surface area (Å²) in [4.78, 5) is 29.5. The van der Waals surface area contributed by atoms with Crippen LogP contribution in [0.1, 0.15) is 63.7 Å². The number of methoxy groups -OCH3 is 2. The summed E-state index contributed by atoms with van der Waals surface area (Å²) in [5, 5.41) is 11.9. The fraction of sp³-hybridized carbons (Fsp3) is 0.917. The number of nitrogens with zero attached hydrogens (tertiary/aromatic N) is 3. The van der Waals surface area contributed by atoms with E-state index in [9.17, 15) is 30.0 Å². The number of nitrogens with one attached hydrogen (secondary N) is 1. The molecule has 3 aliphatic heterocycles. The minimum atomic E-state index is -5.14. The summed E-state index contributed by atoms with van der Waals surface area (Å²) in [7, 11) is 2.75. The van der Waals surface area contributed by atoms with Crippen LogP contribution in [0.2, 0.25) is 0 Å². The quantitative estimate of drug-likeness (QED) is 0.0952. The first-order chi connectivity index (χ1) is 27.2. The van der Waals surface area contributed by atoms with Gasteiger partial charge in [0.2, 0.25) is 0 Å². The third-order valence-electron chi connectivity index (χ3n) is 6.52. The van der Waals surface area contributed by atoms with Crippen molar-refractivity contribution in [2.45, 2.75) is 91.8 Å². The van der Waals surface area contributed by atoms with Crippen LogP contribution in [-0.2, 0) is 51.7 Å². The third kappa shape index (κ3) is 42.0. The standard InChI is InChI=1S/C10H18FNO3.C10H19NO4.C6H14F3NO2S.C5H10FNO.C2H5I.C2H6.CH2I.V/c1-10(2,3)15-9(13)12-4-5-14-8(6-11)7-12;1-10(2,3)15-9(13)11-4-5-14-8(6-11)7-12;1-11-5-3-10(4-6-12-2)13(7,8)9;6-3-5-4-7-1-2-8-5;1-2-3;2*1-2;/h8H,4-7H2,1-3H3;8,12H,4-7H2,1-3H3;3-6H2,1-2H3;5,7H,1-4H2;2H2,1H3;1-2H3;1H2;/q;;;;;;-1;/p+1. The molecular formula is C36H75F5I2N4O10SV. The van der Waals surface area contributed by atoms with Crippen LogP contribution < -0.4 is 5.32 Å². The topological polar surface area (TPSA) is 141 Å². The first-order valence-electron chi connectivity index (χ1n) is 18.9. The van der Waals surface area contributed by atoms with Crippen molar-refractivity contribution in [1.29, 1.82) is 0 Å². The summed E-state index contributed by atoms with van der Waals surface area (Å²) in [5.41, 5.74) is -0.995. The Kier molecular flexibility index (Phi) is 48.9. The molecular weight excluding hydrogens is 1080 g/mol. The number of alkyl halides is 3. The van der Waals surface area contributed by atoms with Crippen molar-refractivity contribution in [2.24, 2.45) is 0 Å². The van der Waals surface area contributed by atoms with Crippen LogP contribution in [0.4, 0.5) is 30.0 Å². The van der Waals surface area contributed by atoms with Crippen LogP contribution in [0.3, 0.4) is 0 Å². The molecule has 0 aromatic heterocycles. The fourth-order valence-electron chi connectivity index (χ4n) is 4.05. The summed E-state index contributed by atoms with van der Waals surface area (Å²) in [6, 6.07) is 0. The zero-order chi connectivity index (χ0) is 45.8. The monoisotopic (exact) mass is 1160 g/mol. The van der Waals surface area contributed by atoms with Crippen molar-refractivity contribution in [3.63, 3.8) is 0 Å². The van der Waals surface area contributed by atoms with Crippen LogP contribution in [0.25, 0.3) is 0 Å². The van der Waals surface area contributed by atoms with Crippen molar-refractivity contribution >= 4 is 68.7 Å². The first-order valence-corrected chi connectivity index (χ1v) is 23.3. The van der Waals surface area contributed by atoms with Crippen LogP contribution in [0, 0.1) is 4.93 Å². The number of aliphatic hydroxyl groups is 1. The Morgan fingerprint density at radius 2 is 1.20 bits per heavy atom. The predicted octanol–water partition coefficient (Wildman–Crippen LogP) is 7.90. The number of hydrogen-bond acceptors (Lipinski definition) is 12. The molecule has 0 aromatic carbocycles. The van der Waals surface area contributed by atoms with E-state index in [1.807, 2.05) is 57.2 Å². The maximum atomic E-state index is 12.3. The molecule has 0 aromatic rings. The molecule has 1 radical (unpaired) electrons. The zero-order valence-electron chi connectivity index (χ0n) is 37.9. The zero-order valence-corrected chi connectivity index (χ0v) is 43.5. The van der Waals surface area contributed by atoms with Crippen molar-refractivity contribution in [2.75, 3.05) is 124 Å². The molecule has 14 nitrogen and oxygen atoms in total. The fourth-order valence-corrected chi connectivity index (χ4v) is 4.61. The molecule has 59 heavy (non-hydrogen) atoms. The van der Waals surface area contributed by atoms with E-state index < -0.39 is 41.4 Å². The Hall–Kier alpha value is 0.264. The van der Waals surface area contributed by atoms with Crippen LogP contribution in [0.15, 0.2) is 0 Å². The van der Waals surface area contributed by atoms with Gasteiger partial charge in [0, 0.05) is 72.0 Å². The second-order valence-electron chi connectivity index (χ2n) is 13.6. The van der Waals surface area contributed by atoms with E-state index in [0.717, 1.165) is 6.54 Å². The summed E-state index contributed by atoms with van der Waals surface area (Å²) < 4.78 is 97.4. The second kappa shape index (κ2) is 42.2. The number of hydrogen-bond donors (Lipinski definition) is 2. The molecule has 3 fully saturated rings. The Bertz CT molecular complexity index is 919. The molecule has 23 heteroatoms. The molecule has 3 unspecified atom stereocenters. The number of carbonyl (C=O) groups excluding carboxylic acids is 2. The van der Waals surface area contributed by atoms with Gasteiger partial charge in [-0.25, -0.2) is 18.4 Å². The number of morpholine rings is 3. The maximum absolute atomic E-state index is 12.3. The van der Waals surface area contributed by atoms with E-state index >= 15 is 0 Å². The van der Waals surface area contributed by atoms with E-state index in [2.05, 4.69) is 49.2 Å². The molecule has 2 amide bonds. The Morgan fingerprint density at radius 3 is 1.49 bits per heavy atom. The maximum Gasteiger partial charge on any atom is 1.00 e. The second-order valence-corrected chi connectivity index (χ2v) is 16.4. The summed E-state index contributed by atoms with van der Waals surface area (Å²) in [6.45, 7) is 20.5. The van der Waals surface area contributed by atoms with E-state index in [1.54, 1.807) is 25.7 Å². The minimum absolute atomic E-state index is 0. The minimum Gasteiger partial charge on any atom is -0.444 e. The van der Waals surface area contributed by atoms with Gasteiger partial charge in [-0.3, -0.25) is 4.93 Å². The molecule has 3 heterocycles. The van der Waals surface area contributed by atoms with Gasteiger partial charge in [0.25, 0.3) is 11.4 Å². The number of aliphatic hydroxyl groups excluding tert-OH is 1. The molecule has 0 saturated carbocycles. The van der Waals surface area contributed by atoms with Gasteiger partial charge in [-0.1, -0.05) is 43.4 Å². The summed E-state index contributed by atoms with van der Waals surface area (Å²) in [5.74, 6) is 0. The number of rotatable bonds is 10. The summed E-state index contributed by atoms with van der Waals surface area (Å²) >= 11 is -0.948. The summed E-state index contributed by atoms with van der Waals surface area (Å²) in [6.07, 6.45) is -1.73. The van der Waals surface area contributed by atoms with Crippen LogP contribution >= 0.6 is 56.6 Å². The van der Waals surface area contributed by atoms with Crippen molar-refractivity contribution in [3.8, 4) is 0 Å². The van der Waals surface area contributed by atoms with E-state index in [0.29, 0.717) is 50.3 Å². The van der Waals surface area contributed by atoms with Gasteiger partial charge in [-0.2, -0.15) is 4.31 Å². The molecule has 3 saturated heterocycles. The smallest absolute Gasteiger partial charge is 0.444 e.